The Kier molecular flexibility index (Phi) is 8.67. The second kappa shape index (κ2) is 11.9. The molecule has 1 amide bonds. The number of aliphatic hydroxyl groups is 2. The van der Waals surface area contributed by atoms with Crippen LogP contribution in [0.1, 0.15) is 42.4 Å². The quantitative estimate of drug-likeness (QED) is 0.485. The van der Waals surface area contributed by atoms with Gasteiger partial charge in [0.2, 0.25) is 0 Å². The van der Waals surface area contributed by atoms with Crippen molar-refractivity contribution in [3.8, 4) is 6.07 Å². The largest absolute Gasteiger partial charge is 0.390 e. The number of benzene rings is 2. The number of rotatable bonds is 9. The van der Waals surface area contributed by atoms with Crippen molar-refractivity contribution in [1.29, 1.82) is 5.26 Å². The van der Waals surface area contributed by atoms with Gasteiger partial charge in [-0.15, -0.1) is 0 Å². The molecule has 36 heavy (non-hydrogen) atoms. The average Bonchev–Trinajstić information content (AvgIpc) is 3.41. The van der Waals surface area contributed by atoms with Gasteiger partial charge in [0.1, 0.15) is 11.9 Å². The maximum absolute atomic E-state index is 13.7. The fraction of sp³-hybridized carbons (Fsp3) is 0.481. The van der Waals surface area contributed by atoms with Crippen molar-refractivity contribution in [2.24, 2.45) is 0 Å². The zero-order valence-electron chi connectivity index (χ0n) is 19.9. The van der Waals surface area contributed by atoms with Gasteiger partial charge in [-0.3, -0.25) is 4.79 Å². The minimum absolute atomic E-state index is 0.00578. The Balaban J connectivity index is 1.50. The van der Waals surface area contributed by atoms with Crippen molar-refractivity contribution < 1.29 is 33.6 Å². The van der Waals surface area contributed by atoms with Crippen LogP contribution < -0.4 is 5.32 Å². The predicted molar refractivity (Wildman–Crippen MR) is 127 cm³/mol. The molecule has 9 heteroatoms. The smallest absolute Gasteiger partial charge is 0.252 e. The van der Waals surface area contributed by atoms with E-state index in [1.165, 1.54) is 12.1 Å². The molecule has 0 spiro atoms. The first-order valence-electron chi connectivity index (χ1n) is 12.1. The lowest BCUT2D eigenvalue weighted by molar-refractivity contribution is -0.200. The lowest BCUT2D eigenvalue weighted by Crippen LogP contribution is -2.61. The number of hydrogen-bond donors (Lipinski definition) is 3. The van der Waals surface area contributed by atoms with E-state index < -0.39 is 35.6 Å². The second-order valence-corrected chi connectivity index (χ2v) is 9.38. The van der Waals surface area contributed by atoms with Gasteiger partial charge in [0.25, 0.3) is 5.91 Å². The van der Waals surface area contributed by atoms with Crippen LogP contribution in [0.15, 0.2) is 48.5 Å². The van der Waals surface area contributed by atoms with E-state index in [4.69, 9.17) is 19.5 Å². The number of nitrogens with one attached hydrogen (secondary N) is 1. The Morgan fingerprint density at radius 1 is 1.17 bits per heavy atom. The van der Waals surface area contributed by atoms with E-state index >= 15 is 0 Å². The number of nitrogens with zero attached hydrogens (tertiary/aromatic N) is 1. The topological polar surface area (TPSA) is 121 Å². The number of halogens is 1. The number of hydrogen-bond acceptors (Lipinski definition) is 7. The van der Waals surface area contributed by atoms with Crippen molar-refractivity contribution in [2.75, 3.05) is 13.2 Å². The fourth-order valence-electron chi connectivity index (χ4n) is 4.66. The third-order valence-corrected chi connectivity index (χ3v) is 6.72. The van der Waals surface area contributed by atoms with E-state index in [0.717, 1.165) is 18.4 Å². The third kappa shape index (κ3) is 6.46. The maximum Gasteiger partial charge on any atom is 0.252 e. The highest BCUT2D eigenvalue weighted by Gasteiger charge is 2.51. The van der Waals surface area contributed by atoms with Crippen molar-refractivity contribution in [3.63, 3.8) is 0 Å². The van der Waals surface area contributed by atoms with E-state index in [1.807, 2.05) is 0 Å². The first-order valence-corrected chi connectivity index (χ1v) is 12.1. The van der Waals surface area contributed by atoms with E-state index in [9.17, 15) is 19.4 Å². The molecule has 2 aromatic carbocycles. The standard InChI is InChI=1S/C27H31FN2O6/c28-21-4-1-3-20(11-21)17-36-27(26(33)30-15-22-5-2-10-34-22)12-23(31)25(32)24(13-27)35-16-19-8-6-18(14-29)7-9-19/h1,3-4,6-9,11,22-25,31-32H,2,5,10,12-13,15-17H2,(H,30,33)/t22?,23-,24?,25-,27+/m1/s1. The molecular formula is C27H31FN2O6. The lowest BCUT2D eigenvalue weighted by Gasteiger charge is -2.44. The van der Waals surface area contributed by atoms with Crippen molar-refractivity contribution in [1.82, 2.24) is 5.32 Å². The summed E-state index contributed by atoms with van der Waals surface area (Å²) in [7, 11) is 0. The number of aliphatic hydroxyl groups excluding tert-OH is 2. The monoisotopic (exact) mass is 498 g/mol. The van der Waals surface area contributed by atoms with E-state index in [2.05, 4.69) is 11.4 Å². The Hall–Kier alpha value is -2.87. The second-order valence-electron chi connectivity index (χ2n) is 9.38. The van der Waals surface area contributed by atoms with Crippen LogP contribution in [0.25, 0.3) is 0 Å². The summed E-state index contributed by atoms with van der Waals surface area (Å²) in [6.07, 6.45) is -1.85. The van der Waals surface area contributed by atoms with Crippen LogP contribution in [0.5, 0.6) is 0 Å². The predicted octanol–water partition coefficient (Wildman–Crippen LogP) is 2.35. The van der Waals surface area contributed by atoms with Crippen LogP contribution in [0.3, 0.4) is 0 Å². The molecule has 0 radical (unpaired) electrons. The molecule has 1 heterocycles. The SMILES string of the molecule is N#Cc1ccc(COC2C[C@](OCc3cccc(F)c3)(C(=O)NCC3CCCO3)C[C@@H](O)[C@H]2O)cc1. The minimum Gasteiger partial charge on any atom is -0.390 e. The highest BCUT2D eigenvalue weighted by Crippen LogP contribution is 2.36. The summed E-state index contributed by atoms with van der Waals surface area (Å²) in [6, 6.07) is 14.8. The van der Waals surface area contributed by atoms with Gasteiger partial charge in [-0.25, -0.2) is 4.39 Å². The molecule has 1 saturated heterocycles. The van der Waals surface area contributed by atoms with Crippen molar-refractivity contribution >= 4 is 5.91 Å². The maximum atomic E-state index is 13.7. The van der Waals surface area contributed by atoms with Gasteiger partial charge in [0, 0.05) is 26.0 Å². The van der Waals surface area contributed by atoms with Gasteiger partial charge in [-0.05, 0) is 48.2 Å². The van der Waals surface area contributed by atoms with E-state index in [1.54, 1.807) is 36.4 Å². The molecule has 2 unspecified atom stereocenters. The summed E-state index contributed by atoms with van der Waals surface area (Å²) in [4.78, 5) is 13.5. The van der Waals surface area contributed by atoms with Gasteiger partial charge in [-0.2, -0.15) is 5.26 Å². The summed E-state index contributed by atoms with van der Waals surface area (Å²) in [6.45, 7) is 1.01. The number of carbonyl (C=O) groups excluding carboxylic acids is 1. The minimum atomic E-state index is -1.50. The van der Waals surface area contributed by atoms with Crippen LogP contribution in [0, 0.1) is 17.1 Å². The van der Waals surface area contributed by atoms with Gasteiger partial charge in [0.15, 0.2) is 5.60 Å². The number of nitriles is 1. The van der Waals surface area contributed by atoms with Crippen LogP contribution >= 0.6 is 0 Å². The van der Waals surface area contributed by atoms with E-state index in [0.29, 0.717) is 24.3 Å². The molecule has 1 aliphatic heterocycles. The molecule has 8 nitrogen and oxygen atoms in total. The molecule has 2 aromatic rings. The molecule has 0 bridgehead atoms. The molecule has 1 aliphatic carbocycles. The Bertz CT molecular complexity index is 1070. The molecule has 2 aliphatic rings. The molecule has 192 valence electrons. The summed E-state index contributed by atoms with van der Waals surface area (Å²) < 4.78 is 31.4. The van der Waals surface area contributed by atoms with Crippen molar-refractivity contribution in [2.45, 2.75) is 68.9 Å². The first kappa shape index (κ1) is 26.2. The zero-order chi connectivity index (χ0) is 25.5. The fourth-order valence-corrected chi connectivity index (χ4v) is 4.66. The molecule has 3 N–H and O–H groups in total. The summed E-state index contributed by atoms with van der Waals surface area (Å²) >= 11 is 0. The number of carbonyl (C=O) groups is 1. The van der Waals surface area contributed by atoms with Crippen LogP contribution in [0.4, 0.5) is 4.39 Å². The first-order chi connectivity index (χ1) is 17.4. The molecule has 0 aromatic heterocycles. The molecule has 2 fully saturated rings. The van der Waals surface area contributed by atoms with Gasteiger partial charge in [0.05, 0.1) is 43.2 Å². The zero-order valence-corrected chi connectivity index (χ0v) is 19.9. The Morgan fingerprint density at radius 2 is 1.97 bits per heavy atom. The summed E-state index contributed by atoms with van der Waals surface area (Å²) in [5, 5.41) is 33.2. The van der Waals surface area contributed by atoms with Gasteiger partial charge in [-0.1, -0.05) is 24.3 Å². The molecule has 4 rings (SSSR count). The van der Waals surface area contributed by atoms with Crippen LogP contribution in [-0.4, -0.2) is 59.3 Å². The number of amides is 1. The lowest BCUT2D eigenvalue weighted by atomic mass is 9.78. The summed E-state index contributed by atoms with van der Waals surface area (Å²) in [5.41, 5.74) is 0.325. The average molecular weight is 499 g/mol. The summed E-state index contributed by atoms with van der Waals surface area (Å²) in [5.74, 6) is -0.858. The van der Waals surface area contributed by atoms with Crippen LogP contribution in [-0.2, 0) is 32.2 Å². The van der Waals surface area contributed by atoms with Crippen molar-refractivity contribution in [3.05, 3.63) is 71.0 Å². The van der Waals surface area contributed by atoms with Crippen LogP contribution in [0.2, 0.25) is 0 Å². The molecular weight excluding hydrogens is 467 g/mol. The Labute approximate surface area is 209 Å². The highest BCUT2D eigenvalue weighted by molar-refractivity contribution is 5.85. The highest BCUT2D eigenvalue weighted by atomic mass is 19.1. The normalized spacial score (nSPS) is 27.9. The molecule has 1 saturated carbocycles. The van der Waals surface area contributed by atoms with Gasteiger partial charge < -0.3 is 29.7 Å². The third-order valence-electron chi connectivity index (χ3n) is 6.72. The Morgan fingerprint density at radius 3 is 2.67 bits per heavy atom. The van der Waals surface area contributed by atoms with Gasteiger partial charge >= 0.3 is 0 Å². The van der Waals surface area contributed by atoms with E-state index in [-0.39, 0.29) is 32.2 Å². The number of ether oxygens (including phenoxy) is 3. The molecule has 5 atom stereocenters.